The molecule has 0 aliphatic heterocycles. The summed E-state index contributed by atoms with van der Waals surface area (Å²) < 4.78 is 4.86. The average Bonchev–Trinajstić information content (AvgIpc) is 2.34. The topological polar surface area (TPSA) is 73.3 Å². The average molecular weight is 153 g/mol. The lowest BCUT2D eigenvalue weighted by molar-refractivity contribution is -0.114. The van der Waals surface area contributed by atoms with Crippen LogP contribution in [-0.4, -0.2) is 11.7 Å². The van der Waals surface area contributed by atoms with Gasteiger partial charge in [-0.3, -0.25) is 9.59 Å². The number of hydrogen-bond donors (Lipinski definition) is 1. The second kappa shape index (κ2) is 2.57. The number of aryl methyl sites for hydroxylation is 1. The minimum Gasteiger partial charge on any atom is -0.458 e. The van der Waals surface area contributed by atoms with Crippen molar-refractivity contribution < 1.29 is 14.0 Å². The van der Waals surface area contributed by atoms with Gasteiger partial charge in [-0.2, -0.15) is 0 Å². The van der Waals surface area contributed by atoms with E-state index in [1.807, 2.05) is 0 Å². The smallest absolute Gasteiger partial charge is 0.293 e. The molecule has 4 nitrogen and oxygen atoms in total. The summed E-state index contributed by atoms with van der Waals surface area (Å²) >= 11 is 0. The highest BCUT2D eigenvalue weighted by atomic mass is 16.3. The lowest BCUT2D eigenvalue weighted by Crippen LogP contribution is -2.22. The van der Waals surface area contributed by atoms with Crippen LogP contribution in [0.15, 0.2) is 16.5 Å². The highest BCUT2D eigenvalue weighted by Crippen LogP contribution is 2.06. The van der Waals surface area contributed by atoms with Crippen molar-refractivity contribution in [2.75, 3.05) is 0 Å². The Kier molecular flexibility index (Phi) is 1.76. The number of primary amides is 1. The minimum atomic E-state index is -1.00. The second-order valence-corrected chi connectivity index (χ2v) is 2.10. The normalized spacial score (nSPS) is 9.55. The van der Waals surface area contributed by atoms with Crippen molar-refractivity contribution in [2.45, 2.75) is 6.92 Å². The number of nitrogens with two attached hydrogens (primary N) is 1. The number of amides is 1. The largest absolute Gasteiger partial charge is 0.458 e. The number of Topliss-reactive ketones (excluding diaryl/α,β-unsaturated/α-hetero) is 1. The molecule has 4 heteroatoms. The fourth-order valence-corrected chi connectivity index (χ4v) is 0.678. The van der Waals surface area contributed by atoms with Gasteiger partial charge in [-0.05, 0) is 19.1 Å². The van der Waals surface area contributed by atoms with Gasteiger partial charge in [-0.1, -0.05) is 0 Å². The van der Waals surface area contributed by atoms with Crippen LogP contribution in [0.3, 0.4) is 0 Å². The van der Waals surface area contributed by atoms with Crippen LogP contribution in [-0.2, 0) is 4.79 Å². The molecule has 1 aromatic rings. The Hall–Kier alpha value is -1.58. The zero-order valence-corrected chi connectivity index (χ0v) is 5.96. The van der Waals surface area contributed by atoms with E-state index in [1.165, 1.54) is 6.07 Å². The molecule has 0 spiro atoms. The van der Waals surface area contributed by atoms with Crippen molar-refractivity contribution in [1.82, 2.24) is 0 Å². The Morgan fingerprint density at radius 2 is 2.09 bits per heavy atom. The lowest BCUT2D eigenvalue weighted by Gasteiger charge is -1.87. The van der Waals surface area contributed by atoms with Gasteiger partial charge in [-0.25, -0.2) is 0 Å². The summed E-state index contributed by atoms with van der Waals surface area (Å²) in [5.74, 6) is -1.22. The second-order valence-electron chi connectivity index (χ2n) is 2.10. The summed E-state index contributed by atoms with van der Waals surface area (Å²) in [4.78, 5) is 21.1. The lowest BCUT2D eigenvalue weighted by atomic mass is 10.3. The van der Waals surface area contributed by atoms with Crippen LogP contribution in [0, 0.1) is 6.92 Å². The third-order valence-corrected chi connectivity index (χ3v) is 1.19. The molecule has 0 aliphatic carbocycles. The number of carbonyl (C=O) groups excluding carboxylic acids is 2. The maximum Gasteiger partial charge on any atom is 0.293 e. The van der Waals surface area contributed by atoms with Crippen LogP contribution in [0.4, 0.5) is 0 Å². The highest BCUT2D eigenvalue weighted by Gasteiger charge is 2.15. The molecule has 0 aliphatic rings. The molecule has 2 N–H and O–H groups in total. The van der Waals surface area contributed by atoms with Crippen LogP contribution in [0.1, 0.15) is 16.3 Å². The monoisotopic (exact) mass is 153 g/mol. The fraction of sp³-hybridized carbons (Fsp3) is 0.143. The van der Waals surface area contributed by atoms with Crippen LogP contribution in [0.2, 0.25) is 0 Å². The van der Waals surface area contributed by atoms with E-state index in [9.17, 15) is 9.59 Å². The molecule has 1 amide bonds. The summed E-state index contributed by atoms with van der Waals surface area (Å²) in [7, 11) is 0. The van der Waals surface area contributed by atoms with E-state index < -0.39 is 11.7 Å². The Morgan fingerprint density at radius 1 is 1.45 bits per heavy atom. The zero-order chi connectivity index (χ0) is 8.43. The summed E-state index contributed by atoms with van der Waals surface area (Å²) in [5, 5.41) is 0. The van der Waals surface area contributed by atoms with Gasteiger partial charge in [0.15, 0.2) is 5.76 Å². The van der Waals surface area contributed by atoms with Crippen LogP contribution < -0.4 is 5.73 Å². The molecule has 58 valence electrons. The van der Waals surface area contributed by atoms with Gasteiger partial charge in [-0.15, -0.1) is 0 Å². The third kappa shape index (κ3) is 1.46. The third-order valence-electron chi connectivity index (χ3n) is 1.19. The zero-order valence-electron chi connectivity index (χ0n) is 5.96. The van der Waals surface area contributed by atoms with Crippen molar-refractivity contribution in [2.24, 2.45) is 5.73 Å². The first-order chi connectivity index (χ1) is 5.11. The number of hydrogen-bond acceptors (Lipinski definition) is 3. The van der Waals surface area contributed by atoms with Crippen molar-refractivity contribution in [3.05, 3.63) is 23.7 Å². The Labute approximate surface area is 63.0 Å². The Morgan fingerprint density at radius 3 is 2.45 bits per heavy atom. The molecule has 1 aromatic heterocycles. The summed E-state index contributed by atoms with van der Waals surface area (Å²) in [6, 6.07) is 3.01. The summed E-state index contributed by atoms with van der Waals surface area (Å²) in [6.07, 6.45) is 0. The van der Waals surface area contributed by atoms with Gasteiger partial charge in [0.05, 0.1) is 0 Å². The maximum absolute atomic E-state index is 10.8. The number of rotatable bonds is 2. The van der Waals surface area contributed by atoms with Crippen LogP contribution >= 0.6 is 0 Å². The van der Waals surface area contributed by atoms with Gasteiger partial charge in [0.1, 0.15) is 5.76 Å². The van der Waals surface area contributed by atoms with Gasteiger partial charge in [0, 0.05) is 0 Å². The molecule has 0 atom stereocenters. The van der Waals surface area contributed by atoms with Crippen molar-refractivity contribution in [3.8, 4) is 0 Å². The standard InChI is InChI=1S/C7H7NO3/c1-4-2-3-5(11-4)6(9)7(8)10/h2-3H,1H3,(H2,8,10). The van der Waals surface area contributed by atoms with Gasteiger partial charge in [0.25, 0.3) is 11.7 Å². The SMILES string of the molecule is Cc1ccc(C(=O)C(N)=O)o1. The van der Waals surface area contributed by atoms with Crippen molar-refractivity contribution >= 4 is 11.7 Å². The molecule has 1 heterocycles. The van der Waals surface area contributed by atoms with E-state index in [0.29, 0.717) is 5.76 Å². The van der Waals surface area contributed by atoms with E-state index in [0.717, 1.165) is 0 Å². The van der Waals surface area contributed by atoms with E-state index in [1.54, 1.807) is 13.0 Å². The molecular formula is C7H7NO3. The first kappa shape index (κ1) is 7.53. The van der Waals surface area contributed by atoms with Gasteiger partial charge >= 0.3 is 0 Å². The minimum absolute atomic E-state index is 0.00463. The van der Waals surface area contributed by atoms with Crippen molar-refractivity contribution in [3.63, 3.8) is 0 Å². The molecule has 0 saturated heterocycles. The Bertz CT molecular complexity index is 300. The molecule has 0 saturated carbocycles. The van der Waals surface area contributed by atoms with E-state index >= 15 is 0 Å². The first-order valence-corrected chi connectivity index (χ1v) is 3.02. The highest BCUT2D eigenvalue weighted by molar-refractivity contribution is 6.41. The van der Waals surface area contributed by atoms with Crippen LogP contribution in [0.25, 0.3) is 0 Å². The van der Waals surface area contributed by atoms with Crippen molar-refractivity contribution in [1.29, 1.82) is 0 Å². The predicted molar refractivity (Wildman–Crippen MR) is 37.0 cm³/mol. The molecule has 0 aromatic carbocycles. The van der Waals surface area contributed by atoms with E-state index in [2.05, 4.69) is 0 Å². The van der Waals surface area contributed by atoms with Gasteiger partial charge in [0.2, 0.25) is 0 Å². The number of carbonyl (C=O) groups is 2. The molecule has 0 radical (unpaired) electrons. The molecule has 1 rings (SSSR count). The van der Waals surface area contributed by atoms with Gasteiger partial charge < -0.3 is 10.2 Å². The van der Waals surface area contributed by atoms with E-state index in [4.69, 9.17) is 10.2 Å². The predicted octanol–water partition coefficient (Wildman–Crippen LogP) is 0.256. The number of furan rings is 1. The van der Waals surface area contributed by atoms with E-state index in [-0.39, 0.29) is 5.76 Å². The first-order valence-electron chi connectivity index (χ1n) is 3.02. The fourth-order valence-electron chi connectivity index (χ4n) is 0.678. The molecule has 0 fully saturated rings. The number of ketones is 1. The molecule has 0 unspecified atom stereocenters. The summed E-state index contributed by atoms with van der Waals surface area (Å²) in [6.45, 7) is 1.68. The van der Waals surface area contributed by atoms with Crippen LogP contribution in [0.5, 0.6) is 0 Å². The molecule has 0 bridgehead atoms. The molecule has 11 heavy (non-hydrogen) atoms. The Balaban J connectivity index is 2.94. The maximum atomic E-state index is 10.8. The summed E-state index contributed by atoms with van der Waals surface area (Å²) in [5.41, 5.74) is 4.73. The molecular weight excluding hydrogens is 146 g/mol. The quantitative estimate of drug-likeness (QED) is 0.489.